The number of likely N-dealkylation sites (N-methyl/N-ethyl adjacent to an activating group) is 1. The summed E-state index contributed by atoms with van der Waals surface area (Å²) < 4.78 is 5.30. The quantitative estimate of drug-likeness (QED) is 0.748. The van der Waals surface area contributed by atoms with E-state index in [0.717, 1.165) is 19.6 Å². The van der Waals surface area contributed by atoms with E-state index in [1.165, 1.54) is 7.11 Å². The number of nitrogens with one attached hydrogen (secondary N) is 1. The second-order valence-corrected chi connectivity index (χ2v) is 5.81. The Kier molecular flexibility index (Phi) is 7.51. The Balaban J connectivity index is 3.15. The van der Waals surface area contributed by atoms with E-state index in [-0.39, 0.29) is 27.8 Å². The molecule has 1 rings (SSSR count). The summed E-state index contributed by atoms with van der Waals surface area (Å²) in [4.78, 5) is 26.2. The Morgan fingerprint density at radius 1 is 1.17 bits per heavy atom. The van der Waals surface area contributed by atoms with Gasteiger partial charge in [0, 0.05) is 18.7 Å². The molecule has 1 amide bonds. The van der Waals surface area contributed by atoms with E-state index < -0.39 is 5.97 Å². The first-order valence-electron chi connectivity index (χ1n) is 7.90. The van der Waals surface area contributed by atoms with Gasteiger partial charge >= 0.3 is 5.97 Å². The molecule has 134 valence electrons. The van der Waals surface area contributed by atoms with Gasteiger partial charge in [-0.15, -0.1) is 0 Å². The fourth-order valence-corrected chi connectivity index (χ4v) is 2.99. The first kappa shape index (κ1) is 20.3. The highest BCUT2D eigenvalue weighted by Crippen LogP contribution is 2.36. The lowest BCUT2D eigenvalue weighted by atomic mass is 9.97. The minimum absolute atomic E-state index is 0.0364. The Hall–Kier alpha value is -1.79. The van der Waals surface area contributed by atoms with E-state index >= 15 is 0 Å². The zero-order valence-corrected chi connectivity index (χ0v) is 15.6. The van der Waals surface area contributed by atoms with Gasteiger partial charge in [0.2, 0.25) is 0 Å². The average Bonchev–Trinajstić information content (AvgIpc) is 2.54. The Labute approximate surface area is 147 Å². The number of aromatic carboxylic acids is 1. The van der Waals surface area contributed by atoms with E-state index in [1.807, 2.05) is 0 Å². The van der Waals surface area contributed by atoms with Gasteiger partial charge in [-0.05, 0) is 32.5 Å². The van der Waals surface area contributed by atoms with Gasteiger partial charge < -0.3 is 20.1 Å². The average molecular weight is 357 g/mol. The number of ether oxygens (including phenoxy) is 1. The maximum Gasteiger partial charge on any atom is 0.337 e. The van der Waals surface area contributed by atoms with Gasteiger partial charge in [-0.3, -0.25) is 4.79 Å². The van der Waals surface area contributed by atoms with Crippen LogP contribution < -0.4 is 10.1 Å². The van der Waals surface area contributed by atoms with Crippen LogP contribution in [0.15, 0.2) is 0 Å². The molecule has 0 aliphatic rings. The van der Waals surface area contributed by atoms with Crippen molar-refractivity contribution in [3.05, 3.63) is 27.3 Å². The van der Waals surface area contributed by atoms with Crippen molar-refractivity contribution in [2.45, 2.75) is 27.7 Å². The van der Waals surface area contributed by atoms with Crippen LogP contribution in [0.3, 0.4) is 0 Å². The van der Waals surface area contributed by atoms with E-state index in [1.54, 1.807) is 13.8 Å². The number of rotatable bonds is 8. The second-order valence-electron chi connectivity index (χ2n) is 5.44. The molecule has 0 bridgehead atoms. The second kappa shape index (κ2) is 8.89. The molecule has 2 N–H and O–H groups in total. The lowest BCUT2D eigenvalue weighted by molar-refractivity contribution is 0.0695. The molecule has 1 aromatic rings. The monoisotopic (exact) mass is 356 g/mol. The molecule has 0 saturated carbocycles. The zero-order chi connectivity index (χ0) is 18.4. The topological polar surface area (TPSA) is 78.9 Å². The van der Waals surface area contributed by atoms with Crippen LogP contribution in [0, 0.1) is 13.8 Å². The zero-order valence-electron chi connectivity index (χ0n) is 14.8. The standard InChI is InChI=1S/C17H25ClN2O4/c1-6-20(7-2)9-8-19-16(21)13-10(3)14(18)12(17(22)23)11(4)15(13)24-5/h6-9H2,1-5H3,(H,19,21)(H,22,23). The number of nitrogens with zero attached hydrogens (tertiary/aromatic N) is 1. The first-order chi connectivity index (χ1) is 11.3. The predicted octanol–water partition coefficient (Wildman–Crippen LogP) is 2.74. The van der Waals surface area contributed by atoms with E-state index in [9.17, 15) is 14.7 Å². The first-order valence-corrected chi connectivity index (χ1v) is 8.28. The molecule has 0 aliphatic carbocycles. The van der Waals surface area contributed by atoms with Crippen LogP contribution in [0.5, 0.6) is 5.75 Å². The number of amides is 1. The summed E-state index contributed by atoms with van der Waals surface area (Å²) in [6, 6.07) is 0. The normalized spacial score (nSPS) is 10.8. The molecule has 0 spiro atoms. The molecule has 0 radical (unpaired) electrons. The van der Waals surface area contributed by atoms with Crippen LogP contribution in [0.25, 0.3) is 0 Å². The number of carbonyl (C=O) groups is 2. The van der Waals surface area contributed by atoms with Crippen molar-refractivity contribution >= 4 is 23.5 Å². The summed E-state index contributed by atoms with van der Waals surface area (Å²) in [5.74, 6) is -1.22. The highest BCUT2D eigenvalue weighted by atomic mass is 35.5. The van der Waals surface area contributed by atoms with Gasteiger partial charge in [-0.25, -0.2) is 4.79 Å². The Bertz CT molecular complexity index is 628. The molecule has 0 unspecified atom stereocenters. The summed E-state index contributed by atoms with van der Waals surface area (Å²) in [6.07, 6.45) is 0. The maximum absolute atomic E-state index is 12.6. The third-order valence-electron chi connectivity index (χ3n) is 4.12. The van der Waals surface area contributed by atoms with Gasteiger partial charge in [-0.1, -0.05) is 25.4 Å². The summed E-state index contributed by atoms with van der Waals surface area (Å²) in [5.41, 5.74) is 0.988. The largest absolute Gasteiger partial charge is 0.496 e. The predicted molar refractivity (Wildman–Crippen MR) is 94.6 cm³/mol. The fourth-order valence-electron chi connectivity index (χ4n) is 2.67. The fraction of sp³-hybridized carbons (Fsp3) is 0.529. The van der Waals surface area contributed by atoms with Crippen molar-refractivity contribution in [2.75, 3.05) is 33.3 Å². The van der Waals surface area contributed by atoms with Crippen molar-refractivity contribution in [1.82, 2.24) is 10.2 Å². The molecule has 6 nitrogen and oxygen atoms in total. The van der Waals surface area contributed by atoms with Crippen molar-refractivity contribution in [1.29, 1.82) is 0 Å². The van der Waals surface area contributed by atoms with E-state index in [2.05, 4.69) is 24.1 Å². The molecule has 0 fully saturated rings. The van der Waals surface area contributed by atoms with Crippen LogP contribution in [0.4, 0.5) is 0 Å². The van der Waals surface area contributed by atoms with E-state index in [0.29, 0.717) is 17.7 Å². The molecule has 0 heterocycles. The lowest BCUT2D eigenvalue weighted by Gasteiger charge is -2.20. The molecule has 0 aliphatic heterocycles. The number of hydrogen-bond donors (Lipinski definition) is 2. The number of methoxy groups -OCH3 is 1. The van der Waals surface area contributed by atoms with Crippen molar-refractivity contribution < 1.29 is 19.4 Å². The van der Waals surface area contributed by atoms with Crippen LogP contribution >= 0.6 is 11.6 Å². The van der Waals surface area contributed by atoms with Crippen LogP contribution in [0.2, 0.25) is 5.02 Å². The number of benzene rings is 1. The van der Waals surface area contributed by atoms with Gasteiger partial charge in [0.05, 0.1) is 23.3 Å². The number of carbonyl (C=O) groups excluding carboxylic acids is 1. The smallest absolute Gasteiger partial charge is 0.337 e. The van der Waals surface area contributed by atoms with Crippen molar-refractivity contribution in [3.8, 4) is 5.75 Å². The van der Waals surface area contributed by atoms with Crippen molar-refractivity contribution in [2.24, 2.45) is 0 Å². The van der Waals surface area contributed by atoms with Crippen molar-refractivity contribution in [3.63, 3.8) is 0 Å². The molecule has 1 aromatic carbocycles. The number of carboxylic acid groups (broad SMARTS) is 1. The minimum atomic E-state index is -1.15. The summed E-state index contributed by atoms with van der Waals surface area (Å²) in [6.45, 7) is 10.4. The van der Waals surface area contributed by atoms with E-state index in [4.69, 9.17) is 16.3 Å². The molecule has 0 atom stereocenters. The summed E-state index contributed by atoms with van der Waals surface area (Å²) in [5, 5.41) is 12.2. The molecule has 24 heavy (non-hydrogen) atoms. The molecule has 0 aromatic heterocycles. The number of hydrogen-bond acceptors (Lipinski definition) is 4. The van der Waals surface area contributed by atoms with Crippen LogP contribution in [-0.4, -0.2) is 55.2 Å². The Morgan fingerprint density at radius 2 is 1.75 bits per heavy atom. The number of carboxylic acids is 1. The third-order valence-corrected chi connectivity index (χ3v) is 4.59. The number of halogens is 1. The third kappa shape index (κ3) is 4.19. The summed E-state index contributed by atoms with van der Waals surface area (Å²) in [7, 11) is 1.41. The molecular weight excluding hydrogens is 332 g/mol. The van der Waals surface area contributed by atoms with Gasteiger partial charge in [-0.2, -0.15) is 0 Å². The Morgan fingerprint density at radius 3 is 2.21 bits per heavy atom. The molecule has 7 heteroatoms. The molecular formula is C17H25ClN2O4. The maximum atomic E-state index is 12.6. The highest BCUT2D eigenvalue weighted by Gasteiger charge is 2.26. The van der Waals surface area contributed by atoms with Crippen LogP contribution in [-0.2, 0) is 0 Å². The van der Waals surface area contributed by atoms with Crippen LogP contribution in [0.1, 0.15) is 45.7 Å². The molecule has 0 saturated heterocycles. The van der Waals surface area contributed by atoms with Gasteiger partial charge in [0.1, 0.15) is 5.75 Å². The minimum Gasteiger partial charge on any atom is -0.496 e. The summed E-state index contributed by atoms with van der Waals surface area (Å²) >= 11 is 6.18. The van der Waals surface area contributed by atoms with Gasteiger partial charge in [0.15, 0.2) is 0 Å². The van der Waals surface area contributed by atoms with Gasteiger partial charge in [0.25, 0.3) is 5.91 Å². The highest BCUT2D eigenvalue weighted by molar-refractivity contribution is 6.35. The lowest BCUT2D eigenvalue weighted by Crippen LogP contribution is -2.35. The SMILES string of the molecule is CCN(CC)CCNC(=O)c1c(C)c(Cl)c(C(=O)O)c(C)c1OC.